The van der Waals surface area contributed by atoms with Crippen LogP contribution in [0.2, 0.25) is 0 Å². The first-order valence-corrected chi connectivity index (χ1v) is 2.12. The summed E-state index contributed by atoms with van der Waals surface area (Å²) in [5.74, 6) is -0.605. The molecule has 0 aliphatic carbocycles. The van der Waals surface area contributed by atoms with E-state index in [0.29, 0.717) is 0 Å². The average molecular weight is 130 g/mol. The molecule has 0 fully saturated rings. The van der Waals surface area contributed by atoms with Crippen LogP contribution in [0.4, 0.5) is 0 Å². The van der Waals surface area contributed by atoms with E-state index in [1.165, 1.54) is 7.11 Å². The number of nitrogens with one attached hydrogen (secondary N) is 1. The molecule has 0 heterocycles. The fourth-order valence-electron chi connectivity index (χ4n) is 0.196. The van der Waals surface area contributed by atoms with Gasteiger partial charge in [0.1, 0.15) is 13.3 Å². The summed E-state index contributed by atoms with van der Waals surface area (Å²) in [5.41, 5.74) is 0. The maximum atomic E-state index is 10.2. The van der Waals surface area contributed by atoms with Gasteiger partial charge in [0.05, 0.1) is 0 Å². The van der Waals surface area contributed by atoms with Crippen LogP contribution in [0, 0.1) is 0 Å². The maximum absolute atomic E-state index is 10.2. The lowest BCUT2D eigenvalue weighted by Crippen LogP contribution is -2.21. The second-order valence-corrected chi connectivity index (χ2v) is 1.04. The van der Waals surface area contributed by atoms with Gasteiger partial charge in [-0.2, -0.15) is 0 Å². The first-order valence-electron chi connectivity index (χ1n) is 2.12. The minimum Gasteiger partial charge on any atom is -0.399 e. The Labute approximate surface area is 51.7 Å². The van der Waals surface area contributed by atoms with E-state index in [0.717, 1.165) is 6.21 Å². The van der Waals surface area contributed by atoms with Crippen molar-refractivity contribution in [2.24, 2.45) is 5.16 Å². The molecule has 0 spiro atoms. The molecule has 0 aromatic carbocycles. The summed E-state index contributed by atoms with van der Waals surface area (Å²) in [6.07, 6.45) is 1.12. The van der Waals surface area contributed by atoms with E-state index < -0.39 is 5.91 Å². The minimum absolute atomic E-state index is 0.268. The molecule has 0 rings (SSSR count). The molecule has 2 amide bonds. The van der Waals surface area contributed by atoms with Gasteiger partial charge in [-0.25, -0.2) is 0 Å². The van der Waals surface area contributed by atoms with Crippen molar-refractivity contribution in [3.63, 3.8) is 0 Å². The third kappa shape index (κ3) is 4.46. The van der Waals surface area contributed by atoms with Crippen LogP contribution in [0.1, 0.15) is 0 Å². The van der Waals surface area contributed by atoms with Crippen LogP contribution in [0.25, 0.3) is 0 Å². The molecule has 0 atom stereocenters. The van der Waals surface area contributed by atoms with Crippen LogP contribution in [-0.4, -0.2) is 25.6 Å². The number of imide groups is 1. The van der Waals surface area contributed by atoms with Crippen LogP contribution in [-0.2, 0) is 14.4 Å². The first kappa shape index (κ1) is 7.61. The summed E-state index contributed by atoms with van der Waals surface area (Å²) in [5, 5.41) is 4.93. The van der Waals surface area contributed by atoms with Gasteiger partial charge in [0, 0.05) is 0 Å². The van der Waals surface area contributed by atoms with Gasteiger partial charge in [-0.3, -0.25) is 14.9 Å². The fraction of sp³-hybridized carbons (Fsp3) is 0.250. The number of rotatable bonds is 3. The Bertz CT molecular complexity index is 132. The molecular weight excluding hydrogens is 124 g/mol. The number of hydrogen-bond donors (Lipinski definition) is 1. The molecule has 50 valence electrons. The molecule has 5 heteroatoms. The van der Waals surface area contributed by atoms with E-state index in [1.54, 1.807) is 0 Å². The monoisotopic (exact) mass is 130 g/mol. The van der Waals surface area contributed by atoms with Crippen molar-refractivity contribution in [3.8, 4) is 0 Å². The lowest BCUT2D eigenvalue weighted by molar-refractivity contribution is -0.120. The van der Waals surface area contributed by atoms with Crippen molar-refractivity contribution in [1.29, 1.82) is 0 Å². The Kier molecular flexibility index (Phi) is 4.03. The van der Waals surface area contributed by atoms with E-state index in [4.69, 9.17) is 0 Å². The quantitative estimate of drug-likeness (QED) is 0.299. The zero-order chi connectivity index (χ0) is 7.11. The first-order chi connectivity index (χ1) is 4.31. The van der Waals surface area contributed by atoms with Crippen molar-refractivity contribution in [3.05, 3.63) is 0 Å². The van der Waals surface area contributed by atoms with Crippen molar-refractivity contribution < 1.29 is 14.4 Å². The molecule has 0 saturated carbocycles. The number of oxime groups is 1. The lowest BCUT2D eigenvalue weighted by atomic mass is 10.7. The molecule has 0 bridgehead atoms. The second kappa shape index (κ2) is 4.76. The topological polar surface area (TPSA) is 67.8 Å². The highest BCUT2D eigenvalue weighted by atomic mass is 16.6. The van der Waals surface area contributed by atoms with Crippen LogP contribution >= 0.6 is 0 Å². The standard InChI is InChI=1S/C4H6N2O3/c1-9-6-2-4(8)5-3-7/h2-3H,1H3,(H,5,7,8). The summed E-state index contributed by atoms with van der Waals surface area (Å²) >= 11 is 0. The van der Waals surface area contributed by atoms with Gasteiger partial charge in [0.25, 0.3) is 5.91 Å². The van der Waals surface area contributed by atoms with Gasteiger partial charge < -0.3 is 4.84 Å². The fourth-order valence-corrected chi connectivity index (χ4v) is 0.196. The molecule has 9 heavy (non-hydrogen) atoms. The number of amides is 2. The molecule has 0 unspecified atom stereocenters. The Morgan fingerprint density at radius 1 is 1.78 bits per heavy atom. The molecule has 0 radical (unpaired) electrons. The van der Waals surface area contributed by atoms with E-state index >= 15 is 0 Å². The molecule has 5 nitrogen and oxygen atoms in total. The van der Waals surface area contributed by atoms with Crippen molar-refractivity contribution >= 4 is 18.5 Å². The normalized spacial score (nSPS) is 9.00. The van der Waals surface area contributed by atoms with Gasteiger partial charge in [0.2, 0.25) is 6.41 Å². The largest absolute Gasteiger partial charge is 0.399 e. The molecule has 0 aliphatic heterocycles. The highest BCUT2D eigenvalue weighted by molar-refractivity contribution is 6.28. The molecule has 0 aromatic heterocycles. The predicted molar refractivity (Wildman–Crippen MR) is 29.7 cm³/mol. The van der Waals surface area contributed by atoms with Crippen LogP contribution in [0.15, 0.2) is 5.16 Å². The Hall–Kier alpha value is -1.39. The third-order valence-corrected chi connectivity index (χ3v) is 0.477. The van der Waals surface area contributed by atoms with Gasteiger partial charge >= 0.3 is 0 Å². The van der Waals surface area contributed by atoms with E-state index in [2.05, 4.69) is 9.99 Å². The third-order valence-electron chi connectivity index (χ3n) is 0.477. The van der Waals surface area contributed by atoms with Gasteiger partial charge in [-0.05, 0) is 0 Å². The maximum Gasteiger partial charge on any atom is 0.272 e. The highest BCUT2D eigenvalue weighted by Gasteiger charge is 1.89. The highest BCUT2D eigenvalue weighted by Crippen LogP contribution is 1.62. The minimum atomic E-state index is -0.605. The predicted octanol–water partition coefficient (Wildman–Crippen LogP) is -1.11. The summed E-state index contributed by atoms with van der Waals surface area (Å²) in [6, 6.07) is 0. The van der Waals surface area contributed by atoms with Gasteiger partial charge in [-0.15, -0.1) is 0 Å². The zero-order valence-corrected chi connectivity index (χ0v) is 4.83. The molecule has 0 saturated heterocycles. The Morgan fingerprint density at radius 2 is 2.44 bits per heavy atom. The summed E-state index contributed by atoms with van der Waals surface area (Å²) in [7, 11) is 1.30. The summed E-state index contributed by atoms with van der Waals surface area (Å²) in [6.45, 7) is 0. The molecular formula is C4H6N2O3. The van der Waals surface area contributed by atoms with E-state index in [-0.39, 0.29) is 6.41 Å². The second-order valence-electron chi connectivity index (χ2n) is 1.04. The van der Waals surface area contributed by atoms with Crippen LogP contribution < -0.4 is 5.32 Å². The van der Waals surface area contributed by atoms with Crippen molar-refractivity contribution in [1.82, 2.24) is 5.32 Å². The van der Waals surface area contributed by atoms with Crippen LogP contribution in [0.3, 0.4) is 0 Å². The SMILES string of the molecule is CON=CC(=O)NC=O. The van der Waals surface area contributed by atoms with Crippen LogP contribution in [0.5, 0.6) is 0 Å². The smallest absolute Gasteiger partial charge is 0.272 e. The van der Waals surface area contributed by atoms with E-state index in [1.807, 2.05) is 5.32 Å². The number of hydrogen-bond acceptors (Lipinski definition) is 4. The molecule has 1 N–H and O–H groups in total. The average Bonchev–Trinajstić information content (AvgIpc) is 1.85. The number of carbonyl (C=O) groups excluding carboxylic acids is 2. The molecule has 0 aromatic rings. The Balaban J connectivity index is 3.49. The Morgan fingerprint density at radius 3 is 2.89 bits per heavy atom. The van der Waals surface area contributed by atoms with Crippen molar-refractivity contribution in [2.45, 2.75) is 0 Å². The molecule has 0 aliphatic rings. The zero-order valence-electron chi connectivity index (χ0n) is 4.83. The number of nitrogens with zero attached hydrogens (tertiary/aromatic N) is 1. The summed E-state index contributed by atoms with van der Waals surface area (Å²) in [4.78, 5) is 23.9. The van der Waals surface area contributed by atoms with Gasteiger partial charge in [0.15, 0.2) is 0 Å². The summed E-state index contributed by atoms with van der Waals surface area (Å²) < 4.78 is 0. The lowest BCUT2D eigenvalue weighted by Gasteiger charge is -1.85. The van der Waals surface area contributed by atoms with Gasteiger partial charge in [-0.1, -0.05) is 5.16 Å². The number of carbonyl (C=O) groups is 2. The van der Waals surface area contributed by atoms with E-state index in [9.17, 15) is 9.59 Å². The van der Waals surface area contributed by atoms with Crippen molar-refractivity contribution in [2.75, 3.05) is 7.11 Å².